The van der Waals surface area contributed by atoms with Gasteiger partial charge in [-0.25, -0.2) is 28.1 Å². The van der Waals surface area contributed by atoms with Gasteiger partial charge in [-0.1, -0.05) is 6.42 Å². The monoisotopic (exact) mass is 471 g/mol. The number of rotatable bonds is 14. The number of aliphatic hydroxyl groups is 1. The molecule has 176 valence electrons. The van der Waals surface area contributed by atoms with Crippen LogP contribution in [0.25, 0.3) is 0 Å². The Labute approximate surface area is 185 Å². The van der Waals surface area contributed by atoms with Gasteiger partial charge in [0, 0.05) is 32.8 Å². The van der Waals surface area contributed by atoms with Gasteiger partial charge in [-0.15, -0.1) is 0 Å². The molecule has 1 heterocycles. The van der Waals surface area contributed by atoms with Crippen molar-refractivity contribution in [2.75, 3.05) is 13.2 Å². The Hall–Kier alpha value is -1.88. The van der Waals surface area contributed by atoms with Crippen molar-refractivity contribution < 1.29 is 14.0 Å². The second-order valence-electron chi connectivity index (χ2n) is 8.76. The first-order chi connectivity index (χ1) is 14.5. The second-order valence-corrected chi connectivity index (χ2v) is 17.3. The third kappa shape index (κ3) is 8.29. The first-order valence-corrected chi connectivity index (χ1v) is 17.1. The summed E-state index contributed by atoms with van der Waals surface area (Å²) in [5.41, 5.74) is -1.86. The molecule has 0 atom stereocenters. The Morgan fingerprint density at radius 1 is 0.839 bits per heavy atom. The largest absolute Gasteiger partial charge is 0.501 e. The van der Waals surface area contributed by atoms with Crippen molar-refractivity contribution in [1.82, 2.24) is 13.7 Å². The first-order valence-electron chi connectivity index (χ1n) is 10.8. The molecule has 0 aliphatic carbocycles. The minimum Gasteiger partial charge on any atom is -0.501 e. The van der Waals surface area contributed by atoms with E-state index in [-0.39, 0.29) is 32.7 Å². The number of aromatic nitrogens is 3. The lowest BCUT2D eigenvalue weighted by atomic mass is 10.4. The van der Waals surface area contributed by atoms with Crippen LogP contribution in [0.15, 0.2) is 14.4 Å². The van der Waals surface area contributed by atoms with Gasteiger partial charge >= 0.3 is 17.1 Å². The molecule has 0 aliphatic rings. The van der Waals surface area contributed by atoms with E-state index < -0.39 is 33.7 Å². The van der Waals surface area contributed by atoms with E-state index >= 15 is 0 Å². The average Bonchev–Trinajstić information content (AvgIpc) is 2.67. The van der Waals surface area contributed by atoms with Gasteiger partial charge < -0.3 is 14.0 Å². The number of terminal acetylenes is 1. The van der Waals surface area contributed by atoms with Gasteiger partial charge in [0.25, 0.3) is 8.32 Å². The Balaban J connectivity index is 3.18. The predicted molar refractivity (Wildman–Crippen MR) is 126 cm³/mol. The SMILES string of the molecule is C#CO[Si](C)(C)CCCn1c(=O)n(CCCO)c(=O)n(CCC[Si](C)(C)OCC)c1=O. The van der Waals surface area contributed by atoms with Gasteiger partial charge in [-0.3, -0.25) is 0 Å². The van der Waals surface area contributed by atoms with E-state index in [1.54, 1.807) is 0 Å². The average molecular weight is 472 g/mol. The molecule has 1 rings (SSSR count). The highest BCUT2D eigenvalue weighted by atomic mass is 28.4. The number of hydrogen-bond donors (Lipinski definition) is 1. The van der Waals surface area contributed by atoms with E-state index in [2.05, 4.69) is 19.2 Å². The zero-order chi connectivity index (χ0) is 23.7. The normalized spacial score (nSPS) is 12.0. The van der Waals surface area contributed by atoms with Crippen LogP contribution in [-0.4, -0.2) is 48.7 Å². The Bertz CT molecular complexity index is 927. The maximum atomic E-state index is 13.0. The molecule has 0 bridgehead atoms. The fraction of sp³-hybridized carbons (Fsp3) is 0.750. The summed E-state index contributed by atoms with van der Waals surface area (Å²) >= 11 is 0. The molecule has 1 N–H and O–H groups in total. The van der Waals surface area contributed by atoms with Crippen molar-refractivity contribution in [1.29, 1.82) is 0 Å². The van der Waals surface area contributed by atoms with Crippen molar-refractivity contribution in [2.45, 2.75) is 84.1 Å². The van der Waals surface area contributed by atoms with Crippen LogP contribution in [0.1, 0.15) is 26.2 Å². The van der Waals surface area contributed by atoms with Crippen LogP contribution in [-0.2, 0) is 28.5 Å². The van der Waals surface area contributed by atoms with Crippen LogP contribution in [0, 0.1) is 12.5 Å². The molecule has 11 heteroatoms. The van der Waals surface area contributed by atoms with E-state index in [0.29, 0.717) is 25.5 Å². The molecular formula is C20H37N3O6Si2. The van der Waals surface area contributed by atoms with Gasteiger partial charge in [0.15, 0.2) is 8.32 Å². The van der Waals surface area contributed by atoms with E-state index in [1.165, 1.54) is 0 Å². The van der Waals surface area contributed by atoms with Crippen LogP contribution in [0.4, 0.5) is 0 Å². The molecule has 0 amide bonds. The van der Waals surface area contributed by atoms with E-state index in [4.69, 9.17) is 20.4 Å². The summed E-state index contributed by atoms with van der Waals surface area (Å²) in [6.45, 7) is 11.1. The summed E-state index contributed by atoms with van der Waals surface area (Å²) in [5, 5.41) is 9.14. The molecule has 9 nitrogen and oxygen atoms in total. The van der Waals surface area contributed by atoms with Crippen molar-refractivity contribution in [2.24, 2.45) is 0 Å². The number of hydrogen-bond acceptors (Lipinski definition) is 6. The standard InChI is InChI=1S/C20H37N3O6Si2/c1-7-28-30(3,4)16-10-13-22-18(25)21(12-9-15-24)19(26)23(20(22)27)14-11-17-31(5,6)29-8-2/h1,24H,8-17H2,2-6H3. The summed E-state index contributed by atoms with van der Waals surface area (Å²) in [6.07, 6.45) is 8.87. The Morgan fingerprint density at radius 3 is 1.65 bits per heavy atom. The quantitative estimate of drug-likeness (QED) is 0.325. The van der Waals surface area contributed by atoms with E-state index in [9.17, 15) is 14.4 Å². The summed E-state index contributed by atoms with van der Waals surface area (Å²) in [6, 6.07) is 1.47. The summed E-state index contributed by atoms with van der Waals surface area (Å²) in [4.78, 5) is 38.7. The molecule has 0 spiro atoms. The highest BCUT2D eigenvalue weighted by Crippen LogP contribution is 2.14. The van der Waals surface area contributed by atoms with Crippen LogP contribution in [0.3, 0.4) is 0 Å². The molecule has 1 aromatic rings. The van der Waals surface area contributed by atoms with Gasteiger partial charge in [0.2, 0.25) is 0 Å². The summed E-state index contributed by atoms with van der Waals surface area (Å²) < 4.78 is 14.5. The zero-order valence-corrected chi connectivity index (χ0v) is 21.5. The molecule has 0 saturated carbocycles. The molecule has 0 aliphatic heterocycles. The maximum Gasteiger partial charge on any atom is 0.336 e. The smallest absolute Gasteiger partial charge is 0.336 e. The molecular weight excluding hydrogens is 434 g/mol. The van der Waals surface area contributed by atoms with E-state index in [1.807, 2.05) is 20.0 Å². The molecule has 0 aromatic carbocycles. The lowest BCUT2D eigenvalue weighted by molar-refractivity contribution is 0.274. The zero-order valence-electron chi connectivity index (χ0n) is 19.5. The van der Waals surface area contributed by atoms with Gasteiger partial charge in [0.1, 0.15) is 0 Å². The highest BCUT2D eigenvalue weighted by Gasteiger charge is 2.24. The first kappa shape index (κ1) is 27.2. The minimum atomic E-state index is -2.07. The third-order valence-electron chi connectivity index (χ3n) is 5.12. The van der Waals surface area contributed by atoms with Crippen LogP contribution in [0.5, 0.6) is 0 Å². The molecule has 31 heavy (non-hydrogen) atoms. The number of nitrogens with zero attached hydrogens (tertiary/aromatic N) is 3. The molecule has 0 saturated heterocycles. The van der Waals surface area contributed by atoms with Gasteiger partial charge in [-0.05, 0) is 64.5 Å². The fourth-order valence-electron chi connectivity index (χ4n) is 3.48. The van der Waals surface area contributed by atoms with Crippen LogP contribution < -0.4 is 17.1 Å². The van der Waals surface area contributed by atoms with Crippen molar-refractivity contribution in [3.63, 3.8) is 0 Å². The van der Waals surface area contributed by atoms with Crippen molar-refractivity contribution in [3.8, 4) is 12.5 Å². The number of aliphatic hydroxyl groups excluding tert-OH is 1. The van der Waals surface area contributed by atoms with E-state index in [0.717, 1.165) is 19.7 Å². The van der Waals surface area contributed by atoms with Gasteiger partial charge in [0.05, 0.1) is 6.11 Å². The molecule has 0 fully saturated rings. The fourth-order valence-corrected chi connectivity index (χ4v) is 6.85. The van der Waals surface area contributed by atoms with Crippen LogP contribution >= 0.6 is 0 Å². The third-order valence-corrected chi connectivity index (χ3v) is 9.97. The molecule has 0 unspecified atom stereocenters. The molecule has 0 radical (unpaired) electrons. The topological polar surface area (TPSA) is 105 Å². The highest BCUT2D eigenvalue weighted by molar-refractivity contribution is 6.71. The minimum absolute atomic E-state index is 0.0636. The summed E-state index contributed by atoms with van der Waals surface area (Å²) in [7, 11) is -3.92. The van der Waals surface area contributed by atoms with Crippen molar-refractivity contribution in [3.05, 3.63) is 31.5 Å². The Kier molecular flexibility index (Phi) is 10.7. The predicted octanol–water partition coefficient (Wildman–Crippen LogP) is 1.39. The lowest BCUT2D eigenvalue weighted by Gasteiger charge is -2.22. The lowest BCUT2D eigenvalue weighted by Crippen LogP contribution is -2.54. The summed E-state index contributed by atoms with van der Waals surface area (Å²) in [5.74, 6) is 0. The maximum absolute atomic E-state index is 13.0. The molecule has 1 aromatic heterocycles. The van der Waals surface area contributed by atoms with Crippen molar-refractivity contribution >= 4 is 16.6 Å². The second kappa shape index (κ2) is 12.2. The van der Waals surface area contributed by atoms with Crippen LogP contribution in [0.2, 0.25) is 38.3 Å². The Morgan fingerprint density at radius 2 is 1.26 bits per heavy atom. The van der Waals surface area contributed by atoms with Gasteiger partial charge in [-0.2, -0.15) is 0 Å².